The molecule has 206 valence electrons. The van der Waals surface area contributed by atoms with Crippen molar-refractivity contribution >= 4 is 11.8 Å². The number of rotatable bonds is 10. The predicted molar refractivity (Wildman–Crippen MR) is 150 cm³/mol. The number of pyridine rings is 1. The molecule has 2 N–H and O–H groups in total. The van der Waals surface area contributed by atoms with Crippen LogP contribution in [0.2, 0.25) is 0 Å². The van der Waals surface area contributed by atoms with Crippen LogP contribution in [-0.2, 0) is 19.4 Å². The Bertz CT molecular complexity index is 1240. The van der Waals surface area contributed by atoms with E-state index in [0.29, 0.717) is 37.4 Å². The van der Waals surface area contributed by atoms with E-state index in [2.05, 4.69) is 52.1 Å². The number of carbonyl (C=O) groups is 1. The van der Waals surface area contributed by atoms with Crippen molar-refractivity contribution in [2.45, 2.75) is 79.7 Å². The first-order valence-electron chi connectivity index (χ1n) is 13.4. The molecule has 1 unspecified atom stereocenters. The highest BCUT2D eigenvalue weighted by Gasteiger charge is 2.38. The zero-order chi connectivity index (χ0) is 27.9. The molecule has 0 bridgehead atoms. The molecule has 6 nitrogen and oxygen atoms in total. The molecule has 2 aromatic rings. The lowest BCUT2D eigenvalue weighted by Crippen LogP contribution is -2.38. The first-order chi connectivity index (χ1) is 18.0. The van der Waals surface area contributed by atoms with Crippen molar-refractivity contribution in [2.24, 2.45) is 11.3 Å². The molecule has 1 atom stereocenters. The van der Waals surface area contributed by atoms with Crippen molar-refractivity contribution in [3.63, 3.8) is 0 Å². The summed E-state index contributed by atoms with van der Waals surface area (Å²) in [5.41, 5.74) is 4.46. The molecule has 3 rings (SSSR count). The Morgan fingerprint density at radius 1 is 1.21 bits per heavy atom. The van der Waals surface area contributed by atoms with Gasteiger partial charge in [0.15, 0.2) is 0 Å². The van der Waals surface area contributed by atoms with Gasteiger partial charge in [0, 0.05) is 36.2 Å². The Morgan fingerprint density at radius 2 is 1.92 bits per heavy atom. The highest BCUT2D eigenvalue weighted by Crippen LogP contribution is 2.44. The molecular weight excluding hydrogens is 483 g/mol. The molecule has 38 heavy (non-hydrogen) atoms. The van der Waals surface area contributed by atoms with Gasteiger partial charge in [0.05, 0.1) is 0 Å². The van der Waals surface area contributed by atoms with E-state index in [0.717, 1.165) is 30.5 Å². The number of halogens is 1. The van der Waals surface area contributed by atoms with E-state index in [9.17, 15) is 19.1 Å². The van der Waals surface area contributed by atoms with E-state index in [1.165, 1.54) is 41.5 Å². The number of anilines is 1. The van der Waals surface area contributed by atoms with Gasteiger partial charge < -0.3 is 14.4 Å². The molecule has 0 fully saturated rings. The molecular formula is C31H41FN2O4. The third-order valence-electron chi connectivity index (χ3n) is 7.35. The molecule has 1 aromatic carbocycles. The number of aliphatic hydroxyl groups is 1. The fourth-order valence-electron chi connectivity index (χ4n) is 5.01. The first kappa shape index (κ1) is 29.4. The third-order valence-corrected chi connectivity index (χ3v) is 7.35. The van der Waals surface area contributed by atoms with Crippen LogP contribution >= 0.6 is 0 Å². The number of fused-ring (bicyclic) bond motifs is 1. The number of nitrogens with zero attached hydrogens (tertiary/aromatic N) is 1. The van der Waals surface area contributed by atoms with Gasteiger partial charge in [-0.25, -0.2) is 9.18 Å². The van der Waals surface area contributed by atoms with Crippen molar-refractivity contribution in [3.05, 3.63) is 81.1 Å². The minimum absolute atomic E-state index is 0.0115. The number of ether oxygens (including phenoxy) is 1. The zero-order valence-electron chi connectivity index (χ0n) is 23.3. The van der Waals surface area contributed by atoms with E-state index in [4.69, 9.17) is 4.74 Å². The van der Waals surface area contributed by atoms with Gasteiger partial charge in [0.1, 0.15) is 11.6 Å². The molecule has 0 radical (unpaired) electrons. The van der Waals surface area contributed by atoms with Crippen molar-refractivity contribution < 1.29 is 19.0 Å². The smallest absolute Gasteiger partial charge is 0.410 e. The minimum atomic E-state index is -0.734. The number of hydrogen-bond acceptors (Lipinski definition) is 4. The van der Waals surface area contributed by atoms with Crippen molar-refractivity contribution in [2.75, 3.05) is 11.9 Å². The van der Waals surface area contributed by atoms with Gasteiger partial charge in [-0.1, -0.05) is 37.1 Å². The van der Waals surface area contributed by atoms with Crippen molar-refractivity contribution in [3.8, 4) is 5.75 Å². The first-order valence-corrected chi connectivity index (χ1v) is 13.4. The van der Waals surface area contributed by atoms with E-state index in [-0.39, 0.29) is 23.3 Å². The molecule has 0 saturated carbocycles. The number of nitrogens with one attached hydrogen (secondary N) is 1. The van der Waals surface area contributed by atoms with Crippen molar-refractivity contribution in [1.82, 2.24) is 4.57 Å². The molecule has 1 aliphatic carbocycles. The summed E-state index contributed by atoms with van der Waals surface area (Å²) >= 11 is 0. The monoisotopic (exact) mass is 524 g/mol. The predicted octanol–water partition coefficient (Wildman–Crippen LogP) is 6.80. The molecule has 1 aliphatic rings. The second kappa shape index (κ2) is 13.1. The summed E-state index contributed by atoms with van der Waals surface area (Å²) in [4.78, 5) is 25.8. The van der Waals surface area contributed by atoms with E-state index in [1.807, 2.05) is 0 Å². The molecule has 1 aromatic heterocycles. The number of carbonyl (C=O) groups excluding carboxylic acids is 1. The molecule has 7 heteroatoms. The lowest BCUT2D eigenvalue weighted by molar-refractivity contribution is 0.182. The highest BCUT2D eigenvalue weighted by atomic mass is 19.1. The van der Waals surface area contributed by atoms with Crippen LogP contribution in [0.1, 0.15) is 71.6 Å². The number of amides is 1. The highest BCUT2D eigenvalue weighted by molar-refractivity contribution is 5.86. The largest absolute Gasteiger partial charge is 0.417 e. The maximum atomic E-state index is 13.2. The van der Waals surface area contributed by atoms with E-state index >= 15 is 0 Å². The van der Waals surface area contributed by atoms with Crippen LogP contribution in [0.3, 0.4) is 0 Å². The third kappa shape index (κ3) is 7.90. The minimum Gasteiger partial charge on any atom is -0.410 e. The Morgan fingerprint density at radius 3 is 2.58 bits per heavy atom. The summed E-state index contributed by atoms with van der Waals surface area (Å²) in [7, 11) is 0. The fourth-order valence-corrected chi connectivity index (χ4v) is 5.01. The van der Waals surface area contributed by atoms with E-state index in [1.54, 1.807) is 4.57 Å². The van der Waals surface area contributed by atoms with Crippen LogP contribution < -0.4 is 15.6 Å². The number of aliphatic hydroxyl groups excluding tert-OH is 1. The summed E-state index contributed by atoms with van der Waals surface area (Å²) in [5.74, 6) is 0.147. The van der Waals surface area contributed by atoms with Crippen LogP contribution in [0.25, 0.3) is 0 Å². The summed E-state index contributed by atoms with van der Waals surface area (Å²) in [6.07, 6.45) is 8.58. The van der Waals surface area contributed by atoms with Crippen molar-refractivity contribution in [1.29, 1.82) is 0 Å². The van der Waals surface area contributed by atoms with Gasteiger partial charge in [0.25, 0.3) is 5.56 Å². The molecule has 1 heterocycles. The quantitative estimate of drug-likeness (QED) is 0.335. The zero-order valence-corrected chi connectivity index (χ0v) is 23.3. The normalized spacial score (nSPS) is 16.5. The van der Waals surface area contributed by atoms with Gasteiger partial charge in [-0.3, -0.25) is 10.1 Å². The topological polar surface area (TPSA) is 80.6 Å². The summed E-state index contributed by atoms with van der Waals surface area (Å²) < 4.78 is 20.6. The Balaban J connectivity index is 1.89. The standard InChI is InChI=1S/C31H41FN2O4/c1-21(2)8-6-9-22(3)10-11-23-18-26-27(20-31(23,4)5)34(16-7-17-35)29(36)19-28(26)38-30(37)33-25-14-12-24(32)13-15-25/h8,10,12-15,19,23,35H,6-7,9,11,16-18,20H2,1-5H3,(H,33,37)/b22-10+. The van der Waals surface area contributed by atoms with Gasteiger partial charge in [-0.2, -0.15) is 0 Å². The fraction of sp³-hybridized carbons (Fsp3) is 0.484. The maximum absolute atomic E-state index is 13.2. The lowest BCUT2D eigenvalue weighted by atomic mass is 9.66. The van der Waals surface area contributed by atoms with E-state index < -0.39 is 11.9 Å². The van der Waals surface area contributed by atoms with Crippen LogP contribution in [0, 0.1) is 17.2 Å². The van der Waals surface area contributed by atoms with Crippen LogP contribution in [-0.4, -0.2) is 22.4 Å². The Hall–Kier alpha value is -3.19. The van der Waals surface area contributed by atoms with Crippen LogP contribution in [0.15, 0.2) is 58.4 Å². The summed E-state index contributed by atoms with van der Waals surface area (Å²) in [5, 5.41) is 12.0. The van der Waals surface area contributed by atoms with Crippen LogP contribution in [0.4, 0.5) is 14.9 Å². The van der Waals surface area contributed by atoms with Gasteiger partial charge in [0.2, 0.25) is 0 Å². The second-order valence-corrected chi connectivity index (χ2v) is 11.2. The number of allylic oxidation sites excluding steroid dienone is 4. The lowest BCUT2D eigenvalue weighted by Gasteiger charge is -2.41. The second-order valence-electron chi connectivity index (χ2n) is 11.2. The molecule has 0 spiro atoms. The molecule has 0 saturated heterocycles. The average Bonchev–Trinajstić information content (AvgIpc) is 2.83. The van der Waals surface area contributed by atoms with Gasteiger partial charge in [-0.15, -0.1) is 0 Å². The number of benzene rings is 1. The Kier molecular flexibility index (Phi) is 10.1. The van der Waals surface area contributed by atoms with Gasteiger partial charge in [-0.05, 0) is 94.9 Å². The molecule has 0 aliphatic heterocycles. The average molecular weight is 525 g/mol. The Labute approximate surface area is 225 Å². The SMILES string of the molecule is CC(C)=CCC/C(C)=C/CC1Cc2c(OC(=O)Nc3ccc(F)cc3)cc(=O)n(CCCO)c2CC1(C)C. The number of hydrogen-bond donors (Lipinski definition) is 2. The van der Waals surface area contributed by atoms with Gasteiger partial charge >= 0.3 is 6.09 Å². The summed E-state index contributed by atoms with van der Waals surface area (Å²) in [6.45, 7) is 11.2. The summed E-state index contributed by atoms with van der Waals surface area (Å²) in [6, 6.07) is 6.77. The number of aromatic nitrogens is 1. The maximum Gasteiger partial charge on any atom is 0.417 e. The van der Waals surface area contributed by atoms with Crippen LogP contribution in [0.5, 0.6) is 5.75 Å². The molecule has 1 amide bonds.